The van der Waals surface area contributed by atoms with E-state index in [1.807, 2.05) is 20.8 Å². The number of amides is 1. The number of aryl methyl sites for hydroxylation is 1. The molecule has 7 heteroatoms. The normalized spacial score (nSPS) is 22.2. The number of nitrogens with zero attached hydrogens (tertiary/aromatic N) is 1. The molecule has 1 aromatic carbocycles. The van der Waals surface area contributed by atoms with Gasteiger partial charge in [-0.2, -0.15) is 0 Å². The molecule has 140 valence electrons. The first-order valence-electron chi connectivity index (χ1n) is 8.65. The van der Waals surface area contributed by atoms with Crippen molar-refractivity contribution >= 4 is 21.6 Å². The Hall–Kier alpha value is -1.47. The van der Waals surface area contributed by atoms with E-state index in [9.17, 15) is 17.6 Å². The van der Waals surface area contributed by atoms with Gasteiger partial charge in [-0.3, -0.25) is 4.79 Å². The number of rotatable bonds is 5. The number of anilines is 1. The minimum absolute atomic E-state index is 0.0720. The fourth-order valence-corrected chi connectivity index (χ4v) is 5.13. The van der Waals surface area contributed by atoms with E-state index in [4.69, 9.17) is 0 Å². The van der Waals surface area contributed by atoms with Gasteiger partial charge in [0.25, 0.3) is 0 Å². The molecule has 1 amide bonds. The van der Waals surface area contributed by atoms with Crippen LogP contribution in [0.15, 0.2) is 18.2 Å². The number of carbonyl (C=O) groups excluding carboxylic acids is 1. The highest BCUT2D eigenvalue weighted by Gasteiger charge is 2.36. The van der Waals surface area contributed by atoms with Crippen LogP contribution in [0.3, 0.4) is 0 Å². The first-order chi connectivity index (χ1) is 11.6. The van der Waals surface area contributed by atoms with Crippen molar-refractivity contribution in [1.29, 1.82) is 0 Å². The molecule has 1 aliphatic rings. The number of hydrogen-bond acceptors (Lipinski definition) is 3. The predicted molar refractivity (Wildman–Crippen MR) is 97.2 cm³/mol. The van der Waals surface area contributed by atoms with Crippen molar-refractivity contribution in [3.05, 3.63) is 29.6 Å². The molecule has 1 aromatic rings. The van der Waals surface area contributed by atoms with Gasteiger partial charge in [-0.25, -0.2) is 17.1 Å². The van der Waals surface area contributed by atoms with Gasteiger partial charge in [0, 0.05) is 24.7 Å². The van der Waals surface area contributed by atoms with Crippen molar-refractivity contribution in [2.45, 2.75) is 34.1 Å². The van der Waals surface area contributed by atoms with Gasteiger partial charge in [0.2, 0.25) is 15.9 Å². The Kier molecular flexibility index (Phi) is 6.21. The fourth-order valence-electron chi connectivity index (χ4n) is 3.23. The maximum atomic E-state index is 13.3. The zero-order valence-electron chi connectivity index (χ0n) is 15.3. The Bertz CT molecular complexity index is 734. The third-order valence-corrected chi connectivity index (χ3v) is 6.77. The van der Waals surface area contributed by atoms with E-state index in [1.165, 1.54) is 16.4 Å². The Morgan fingerprint density at radius 3 is 2.64 bits per heavy atom. The van der Waals surface area contributed by atoms with E-state index >= 15 is 0 Å². The fraction of sp³-hybridized carbons (Fsp3) is 0.611. The van der Waals surface area contributed by atoms with Crippen LogP contribution in [0.4, 0.5) is 10.1 Å². The van der Waals surface area contributed by atoms with Gasteiger partial charge < -0.3 is 5.32 Å². The second-order valence-corrected chi connectivity index (χ2v) is 9.37. The molecule has 2 rings (SSSR count). The summed E-state index contributed by atoms with van der Waals surface area (Å²) in [4.78, 5) is 12.5. The van der Waals surface area contributed by atoms with Crippen LogP contribution in [0.1, 0.15) is 32.8 Å². The summed E-state index contributed by atoms with van der Waals surface area (Å²) in [6.45, 7) is 8.02. The first-order valence-corrected chi connectivity index (χ1v) is 10.3. The Morgan fingerprint density at radius 2 is 2.08 bits per heavy atom. The summed E-state index contributed by atoms with van der Waals surface area (Å²) in [5.41, 5.74) is 1.03. The number of benzene rings is 1. The van der Waals surface area contributed by atoms with Crippen LogP contribution in [-0.4, -0.2) is 37.5 Å². The van der Waals surface area contributed by atoms with E-state index < -0.39 is 10.0 Å². The van der Waals surface area contributed by atoms with Crippen LogP contribution in [0.2, 0.25) is 0 Å². The maximum absolute atomic E-state index is 13.3. The largest absolute Gasteiger partial charge is 0.326 e. The topological polar surface area (TPSA) is 66.5 Å². The van der Waals surface area contributed by atoms with E-state index in [2.05, 4.69) is 5.32 Å². The number of carbonyl (C=O) groups is 1. The maximum Gasteiger partial charge on any atom is 0.227 e. The van der Waals surface area contributed by atoms with Crippen LogP contribution >= 0.6 is 0 Å². The first kappa shape index (κ1) is 19.8. The number of nitrogens with one attached hydrogen (secondary N) is 1. The number of piperidine rings is 1. The highest BCUT2D eigenvalue weighted by Crippen LogP contribution is 2.27. The van der Waals surface area contributed by atoms with Gasteiger partial charge in [-0.05, 0) is 48.9 Å². The average molecular weight is 370 g/mol. The van der Waals surface area contributed by atoms with Crippen LogP contribution < -0.4 is 5.32 Å². The summed E-state index contributed by atoms with van der Waals surface area (Å²) in [5, 5.41) is 2.82. The zero-order chi connectivity index (χ0) is 18.8. The van der Waals surface area contributed by atoms with Crippen LogP contribution in [0.25, 0.3) is 0 Å². The molecule has 1 N–H and O–H groups in total. The molecular formula is C18H27FN2O3S. The van der Waals surface area contributed by atoms with Crippen molar-refractivity contribution in [2.24, 2.45) is 17.8 Å². The lowest BCUT2D eigenvalue weighted by Gasteiger charge is -2.35. The van der Waals surface area contributed by atoms with Crippen molar-refractivity contribution in [3.63, 3.8) is 0 Å². The van der Waals surface area contributed by atoms with E-state index in [0.29, 0.717) is 30.8 Å². The van der Waals surface area contributed by atoms with Crippen molar-refractivity contribution in [3.8, 4) is 0 Å². The molecule has 25 heavy (non-hydrogen) atoms. The second kappa shape index (κ2) is 7.83. The molecule has 0 radical (unpaired) electrons. The number of halogens is 1. The summed E-state index contributed by atoms with van der Waals surface area (Å²) in [5.74, 6) is -0.573. The summed E-state index contributed by atoms with van der Waals surface area (Å²) in [6.07, 6.45) is 0.491. The summed E-state index contributed by atoms with van der Waals surface area (Å²) >= 11 is 0. The standard InChI is InChI=1S/C18H27FN2O3S/c1-12(2)11-25(23,24)21-8-7-16(14(4)10-21)18(22)20-15-5-6-17(19)13(3)9-15/h5-6,9,12,14,16H,7-8,10-11H2,1-4H3,(H,20,22). The predicted octanol–water partition coefficient (Wildman–Crippen LogP) is 3.02. The van der Waals surface area contributed by atoms with Gasteiger partial charge in [-0.1, -0.05) is 20.8 Å². The van der Waals surface area contributed by atoms with Crippen molar-refractivity contribution in [2.75, 3.05) is 24.2 Å². The molecule has 0 bridgehead atoms. The highest BCUT2D eigenvalue weighted by atomic mass is 32.2. The van der Waals surface area contributed by atoms with Crippen LogP contribution in [-0.2, 0) is 14.8 Å². The van der Waals surface area contributed by atoms with Crippen LogP contribution in [0, 0.1) is 30.5 Å². The minimum atomic E-state index is -3.27. The molecule has 1 heterocycles. The lowest BCUT2D eigenvalue weighted by Crippen LogP contribution is -2.47. The van der Waals surface area contributed by atoms with Crippen molar-refractivity contribution in [1.82, 2.24) is 4.31 Å². The molecule has 0 aromatic heterocycles. The van der Waals surface area contributed by atoms with Crippen molar-refractivity contribution < 1.29 is 17.6 Å². The monoisotopic (exact) mass is 370 g/mol. The average Bonchev–Trinajstić information content (AvgIpc) is 2.49. The third kappa shape index (κ3) is 5.01. The van der Waals surface area contributed by atoms with E-state index in [-0.39, 0.29) is 35.2 Å². The molecule has 2 atom stereocenters. The van der Waals surface area contributed by atoms with Gasteiger partial charge in [0.15, 0.2) is 0 Å². The second-order valence-electron chi connectivity index (χ2n) is 7.36. The number of sulfonamides is 1. The quantitative estimate of drug-likeness (QED) is 0.866. The summed E-state index contributed by atoms with van der Waals surface area (Å²) in [7, 11) is -3.27. The third-order valence-electron chi connectivity index (χ3n) is 4.57. The SMILES string of the molecule is Cc1cc(NC(=O)C2CCN(S(=O)(=O)CC(C)C)CC2C)ccc1F. The van der Waals surface area contributed by atoms with E-state index in [1.54, 1.807) is 13.0 Å². The molecule has 5 nitrogen and oxygen atoms in total. The van der Waals surface area contributed by atoms with Gasteiger partial charge in [0.1, 0.15) is 5.82 Å². The zero-order valence-corrected chi connectivity index (χ0v) is 16.1. The Balaban J connectivity index is 2.00. The molecular weight excluding hydrogens is 343 g/mol. The molecule has 0 spiro atoms. The summed E-state index contributed by atoms with van der Waals surface area (Å²) < 4.78 is 39.6. The molecule has 2 unspecified atom stereocenters. The minimum Gasteiger partial charge on any atom is -0.326 e. The Morgan fingerprint density at radius 1 is 1.40 bits per heavy atom. The lowest BCUT2D eigenvalue weighted by atomic mass is 9.87. The summed E-state index contributed by atoms with van der Waals surface area (Å²) in [6, 6.07) is 4.46. The van der Waals surface area contributed by atoms with Crippen LogP contribution in [0.5, 0.6) is 0 Å². The molecule has 1 saturated heterocycles. The molecule has 1 aliphatic heterocycles. The smallest absolute Gasteiger partial charge is 0.227 e. The number of hydrogen-bond donors (Lipinski definition) is 1. The molecule has 0 saturated carbocycles. The Labute approximate surface area is 149 Å². The highest BCUT2D eigenvalue weighted by molar-refractivity contribution is 7.89. The van der Waals surface area contributed by atoms with Gasteiger partial charge in [0.05, 0.1) is 5.75 Å². The van der Waals surface area contributed by atoms with E-state index in [0.717, 1.165) is 0 Å². The van der Waals surface area contributed by atoms with Gasteiger partial charge in [-0.15, -0.1) is 0 Å². The lowest BCUT2D eigenvalue weighted by molar-refractivity contribution is -0.122. The van der Waals surface area contributed by atoms with Gasteiger partial charge >= 0.3 is 0 Å². The molecule has 0 aliphatic carbocycles. The molecule has 1 fully saturated rings.